The Morgan fingerprint density at radius 2 is 1.77 bits per heavy atom. The van der Waals surface area contributed by atoms with E-state index in [-0.39, 0.29) is 11.5 Å². The number of hydrogen-bond donors (Lipinski definition) is 0. The van der Waals surface area contributed by atoms with E-state index < -0.39 is 0 Å². The van der Waals surface area contributed by atoms with Crippen molar-refractivity contribution < 1.29 is 13.6 Å². The maximum absolute atomic E-state index is 12.3. The summed E-state index contributed by atoms with van der Waals surface area (Å²) in [5.74, 6) is 1.15. The fraction of sp³-hybridized carbons (Fsp3) is 0. The smallest absolute Gasteiger partial charge is 0.221 e. The quantitative estimate of drug-likeness (QED) is 0.284. The SMILES string of the molecule is O=C(C=Cc1ccc(-c2cccc(Cl)c2Cl)o1)c1cc2ccccc2o1. The van der Waals surface area contributed by atoms with E-state index in [9.17, 15) is 4.79 Å². The van der Waals surface area contributed by atoms with Gasteiger partial charge in [-0.15, -0.1) is 0 Å². The van der Waals surface area contributed by atoms with Gasteiger partial charge < -0.3 is 8.83 Å². The van der Waals surface area contributed by atoms with Crippen LogP contribution >= 0.6 is 23.2 Å². The third-order valence-corrected chi connectivity index (χ3v) is 4.73. The summed E-state index contributed by atoms with van der Waals surface area (Å²) in [6, 6.07) is 18.1. The molecule has 4 rings (SSSR count). The summed E-state index contributed by atoms with van der Waals surface area (Å²) in [6.07, 6.45) is 3.01. The number of ketones is 1. The minimum atomic E-state index is -0.236. The van der Waals surface area contributed by atoms with Gasteiger partial charge in [-0.25, -0.2) is 0 Å². The van der Waals surface area contributed by atoms with Crippen LogP contribution in [0.15, 0.2) is 75.6 Å². The molecule has 0 aliphatic rings. The van der Waals surface area contributed by atoms with E-state index in [2.05, 4.69) is 0 Å². The summed E-state index contributed by atoms with van der Waals surface area (Å²) in [5.41, 5.74) is 1.38. The van der Waals surface area contributed by atoms with Crippen molar-refractivity contribution in [3.05, 3.63) is 88.3 Å². The summed E-state index contributed by atoms with van der Waals surface area (Å²) < 4.78 is 11.3. The highest BCUT2D eigenvalue weighted by atomic mass is 35.5. The van der Waals surface area contributed by atoms with Gasteiger partial charge in [0.2, 0.25) is 5.78 Å². The molecule has 0 bridgehead atoms. The van der Waals surface area contributed by atoms with E-state index in [4.69, 9.17) is 32.0 Å². The van der Waals surface area contributed by atoms with Crippen LogP contribution < -0.4 is 0 Å². The summed E-state index contributed by atoms with van der Waals surface area (Å²) in [7, 11) is 0. The van der Waals surface area contributed by atoms with Crippen LogP contribution in [0.25, 0.3) is 28.4 Å². The lowest BCUT2D eigenvalue weighted by atomic mass is 10.2. The van der Waals surface area contributed by atoms with Crippen LogP contribution in [0.5, 0.6) is 0 Å². The maximum atomic E-state index is 12.3. The lowest BCUT2D eigenvalue weighted by Gasteiger charge is -2.01. The molecule has 4 aromatic rings. The molecule has 2 heterocycles. The van der Waals surface area contributed by atoms with Crippen molar-refractivity contribution >= 4 is 46.0 Å². The van der Waals surface area contributed by atoms with Gasteiger partial charge >= 0.3 is 0 Å². The fourth-order valence-electron chi connectivity index (χ4n) is 2.62. The number of para-hydroxylation sites is 1. The number of fused-ring (bicyclic) bond motifs is 1. The number of rotatable bonds is 4. The highest BCUT2D eigenvalue weighted by Crippen LogP contribution is 2.34. The number of carbonyl (C=O) groups is 1. The van der Waals surface area contributed by atoms with Crippen LogP contribution in [0.2, 0.25) is 10.0 Å². The molecule has 0 aliphatic carbocycles. The van der Waals surface area contributed by atoms with Gasteiger partial charge in [0, 0.05) is 10.9 Å². The summed E-state index contributed by atoms with van der Waals surface area (Å²) >= 11 is 12.2. The fourth-order valence-corrected chi connectivity index (χ4v) is 3.02. The maximum Gasteiger partial charge on any atom is 0.221 e. The van der Waals surface area contributed by atoms with Gasteiger partial charge in [0.1, 0.15) is 17.1 Å². The third kappa shape index (κ3) is 3.19. The van der Waals surface area contributed by atoms with Gasteiger partial charge in [0.25, 0.3) is 0 Å². The van der Waals surface area contributed by atoms with Crippen molar-refractivity contribution in [1.82, 2.24) is 0 Å². The predicted molar refractivity (Wildman–Crippen MR) is 104 cm³/mol. The molecule has 0 unspecified atom stereocenters. The van der Waals surface area contributed by atoms with Crippen LogP contribution in [0.1, 0.15) is 16.3 Å². The van der Waals surface area contributed by atoms with E-state index in [1.165, 1.54) is 6.08 Å². The standard InChI is InChI=1S/C21H12Cl2O3/c22-16-6-3-5-15(21(16)23)19-11-9-14(25-19)8-10-17(24)20-12-13-4-1-2-7-18(13)26-20/h1-12H. The Morgan fingerprint density at radius 3 is 2.62 bits per heavy atom. The Bertz CT molecular complexity index is 1100. The number of benzene rings is 2. The van der Waals surface area contributed by atoms with E-state index in [1.54, 1.807) is 36.4 Å². The Hall–Kier alpha value is -2.75. The summed E-state index contributed by atoms with van der Waals surface area (Å²) in [6.45, 7) is 0. The predicted octanol–water partition coefficient (Wildman–Crippen LogP) is 6.90. The molecule has 0 saturated heterocycles. The molecule has 0 radical (unpaired) electrons. The lowest BCUT2D eigenvalue weighted by Crippen LogP contribution is -1.89. The normalized spacial score (nSPS) is 11.5. The zero-order chi connectivity index (χ0) is 18.1. The van der Waals surface area contributed by atoms with Gasteiger partial charge in [-0.3, -0.25) is 4.79 Å². The van der Waals surface area contributed by atoms with E-state index in [0.29, 0.717) is 32.7 Å². The monoisotopic (exact) mass is 382 g/mol. The molecule has 0 saturated carbocycles. The van der Waals surface area contributed by atoms with Crippen LogP contribution in [0.4, 0.5) is 0 Å². The van der Waals surface area contributed by atoms with Gasteiger partial charge in [0.05, 0.1) is 10.0 Å². The first-order valence-corrected chi connectivity index (χ1v) is 8.62. The minimum Gasteiger partial charge on any atom is -0.457 e. The van der Waals surface area contributed by atoms with Crippen molar-refractivity contribution in [3.8, 4) is 11.3 Å². The van der Waals surface area contributed by atoms with E-state index >= 15 is 0 Å². The average molecular weight is 383 g/mol. The van der Waals surface area contributed by atoms with Crippen LogP contribution in [-0.2, 0) is 0 Å². The Kier molecular flexibility index (Phi) is 4.41. The number of carbonyl (C=O) groups excluding carboxylic acids is 1. The Labute approximate surface area is 159 Å². The zero-order valence-electron chi connectivity index (χ0n) is 13.4. The topological polar surface area (TPSA) is 43.4 Å². The van der Waals surface area contributed by atoms with Crippen molar-refractivity contribution in [2.75, 3.05) is 0 Å². The molecule has 0 fully saturated rings. The van der Waals surface area contributed by atoms with E-state index in [0.717, 1.165) is 5.39 Å². The molecule has 3 nitrogen and oxygen atoms in total. The molecule has 26 heavy (non-hydrogen) atoms. The summed E-state index contributed by atoms with van der Waals surface area (Å²) in [5, 5.41) is 1.77. The summed E-state index contributed by atoms with van der Waals surface area (Å²) in [4.78, 5) is 12.3. The molecule has 128 valence electrons. The molecular weight excluding hydrogens is 371 g/mol. The second-order valence-electron chi connectivity index (χ2n) is 5.65. The second-order valence-corrected chi connectivity index (χ2v) is 6.43. The van der Waals surface area contributed by atoms with Gasteiger partial charge in [-0.1, -0.05) is 47.5 Å². The highest BCUT2D eigenvalue weighted by Gasteiger charge is 2.12. The van der Waals surface area contributed by atoms with Crippen molar-refractivity contribution in [2.24, 2.45) is 0 Å². The third-order valence-electron chi connectivity index (χ3n) is 3.91. The van der Waals surface area contributed by atoms with Gasteiger partial charge in [-0.05, 0) is 48.6 Å². The molecule has 0 N–H and O–H groups in total. The van der Waals surface area contributed by atoms with Crippen molar-refractivity contribution in [2.45, 2.75) is 0 Å². The lowest BCUT2D eigenvalue weighted by molar-refractivity contribution is 0.102. The molecule has 0 amide bonds. The van der Waals surface area contributed by atoms with Gasteiger partial charge in [-0.2, -0.15) is 0 Å². The number of furan rings is 2. The van der Waals surface area contributed by atoms with Crippen molar-refractivity contribution in [1.29, 1.82) is 0 Å². The average Bonchev–Trinajstić information content (AvgIpc) is 3.28. The van der Waals surface area contributed by atoms with Crippen LogP contribution in [0.3, 0.4) is 0 Å². The molecule has 0 atom stereocenters. The molecule has 2 aromatic heterocycles. The van der Waals surface area contributed by atoms with Crippen LogP contribution in [-0.4, -0.2) is 5.78 Å². The van der Waals surface area contributed by atoms with Crippen LogP contribution in [0, 0.1) is 0 Å². The highest BCUT2D eigenvalue weighted by molar-refractivity contribution is 6.43. The largest absolute Gasteiger partial charge is 0.457 e. The second kappa shape index (κ2) is 6.87. The molecule has 0 aliphatic heterocycles. The number of halogens is 2. The first-order chi connectivity index (χ1) is 12.6. The molecule has 2 aromatic carbocycles. The first kappa shape index (κ1) is 16.7. The molecule has 0 spiro atoms. The first-order valence-electron chi connectivity index (χ1n) is 7.87. The Morgan fingerprint density at radius 1 is 0.923 bits per heavy atom. The number of hydrogen-bond acceptors (Lipinski definition) is 3. The number of allylic oxidation sites excluding steroid dienone is 1. The van der Waals surface area contributed by atoms with Crippen molar-refractivity contribution in [3.63, 3.8) is 0 Å². The molecular formula is C21H12Cl2O3. The molecule has 5 heteroatoms. The zero-order valence-corrected chi connectivity index (χ0v) is 14.9. The minimum absolute atomic E-state index is 0.236. The van der Waals surface area contributed by atoms with Gasteiger partial charge in [0.15, 0.2) is 5.76 Å². The van der Waals surface area contributed by atoms with E-state index in [1.807, 2.05) is 30.3 Å². The Balaban J connectivity index is 1.56.